The van der Waals surface area contributed by atoms with Crippen LogP contribution in [0.2, 0.25) is 0 Å². The molecule has 0 spiro atoms. The quantitative estimate of drug-likeness (QED) is 0.872. The lowest BCUT2D eigenvalue weighted by Crippen LogP contribution is -2.42. The highest BCUT2D eigenvalue weighted by Crippen LogP contribution is 2.19. The normalized spacial score (nSPS) is 23.1. The molecule has 4 heteroatoms. The molecule has 0 aromatic carbocycles. The van der Waals surface area contributed by atoms with Crippen molar-refractivity contribution in [3.8, 4) is 0 Å². The lowest BCUT2D eigenvalue weighted by molar-refractivity contribution is 0.0924. The van der Waals surface area contributed by atoms with Crippen LogP contribution >= 0.6 is 0 Å². The molecular weight excluding hydrogens is 238 g/mol. The van der Waals surface area contributed by atoms with Crippen LogP contribution in [0.4, 0.5) is 0 Å². The van der Waals surface area contributed by atoms with Gasteiger partial charge in [-0.1, -0.05) is 6.92 Å². The molecule has 19 heavy (non-hydrogen) atoms. The number of pyridine rings is 1. The second-order valence-electron chi connectivity index (χ2n) is 5.33. The minimum absolute atomic E-state index is 0.00287. The van der Waals surface area contributed by atoms with Gasteiger partial charge in [-0.15, -0.1) is 0 Å². The van der Waals surface area contributed by atoms with Crippen LogP contribution in [0.25, 0.3) is 0 Å². The van der Waals surface area contributed by atoms with Crippen LogP contribution < -0.4 is 10.6 Å². The van der Waals surface area contributed by atoms with Gasteiger partial charge in [0.05, 0.1) is 5.56 Å². The summed E-state index contributed by atoms with van der Waals surface area (Å²) >= 11 is 0. The van der Waals surface area contributed by atoms with E-state index in [1.807, 2.05) is 13.0 Å². The zero-order valence-electron chi connectivity index (χ0n) is 11.8. The van der Waals surface area contributed by atoms with Gasteiger partial charge in [-0.05, 0) is 50.8 Å². The number of hydrogen-bond acceptors (Lipinski definition) is 3. The fraction of sp³-hybridized carbons (Fsp3) is 0.600. The minimum Gasteiger partial charge on any atom is -0.349 e. The number of amides is 1. The van der Waals surface area contributed by atoms with Gasteiger partial charge in [-0.3, -0.25) is 9.78 Å². The molecule has 2 N–H and O–H groups in total. The Balaban J connectivity index is 1.84. The number of aromatic nitrogens is 1. The van der Waals surface area contributed by atoms with E-state index in [4.69, 9.17) is 0 Å². The third kappa shape index (κ3) is 4.03. The van der Waals surface area contributed by atoms with E-state index < -0.39 is 0 Å². The van der Waals surface area contributed by atoms with Crippen molar-refractivity contribution < 1.29 is 4.79 Å². The second kappa shape index (κ2) is 6.66. The van der Waals surface area contributed by atoms with E-state index in [2.05, 4.69) is 22.5 Å². The Kier molecular flexibility index (Phi) is 4.91. The van der Waals surface area contributed by atoms with Crippen molar-refractivity contribution in [1.29, 1.82) is 0 Å². The first-order valence-electron chi connectivity index (χ1n) is 7.15. The van der Waals surface area contributed by atoms with Crippen LogP contribution in [0.1, 0.15) is 48.5 Å². The van der Waals surface area contributed by atoms with Crippen LogP contribution in [0.15, 0.2) is 18.5 Å². The largest absolute Gasteiger partial charge is 0.349 e. The summed E-state index contributed by atoms with van der Waals surface area (Å²) in [5.74, 6) is 0.00287. The molecule has 1 aliphatic rings. The molecule has 2 rings (SSSR count). The molecule has 0 saturated heterocycles. The monoisotopic (exact) mass is 261 g/mol. The molecule has 0 atom stereocenters. The SMILES string of the molecule is CCNC1CCC(NC(=O)c2cncc(C)c2)CC1. The molecule has 0 radical (unpaired) electrons. The van der Waals surface area contributed by atoms with Crippen molar-refractivity contribution in [2.24, 2.45) is 0 Å². The van der Waals surface area contributed by atoms with E-state index in [1.165, 1.54) is 0 Å². The Morgan fingerprint density at radius 3 is 2.58 bits per heavy atom. The predicted octanol–water partition coefficient (Wildman–Crippen LogP) is 2.04. The van der Waals surface area contributed by atoms with Crippen molar-refractivity contribution in [1.82, 2.24) is 15.6 Å². The number of rotatable bonds is 4. The summed E-state index contributed by atoms with van der Waals surface area (Å²) in [5.41, 5.74) is 1.68. The van der Waals surface area contributed by atoms with Crippen molar-refractivity contribution >= 4 is 5.91 Å². The summed E-state index contributed by atoms with van der Waals surface area (Å²) in [5, 5.41) is 6.59. The smallest absolute Gasteiger partial charge is 0.253 e. The van der Waals surface area contributed by atoms with Gasteiger partial charge in [0.1, 0.15) is 0 Å². The number of hydrogen-bond donors (Lipinski definition) is 2. The molecule has 0 bridgehead atoms. The Morgan fingerprint density at radius 1 is 1.26 bits per heavy atom. The third-order valence-electron chi connectivity index (χ3n) is 3.69. The molecule has 1 aliphatic carbocycles. The zero-order chi connectivity index (χ0) is 13.7. The number of carbonyl (C=O) groups excluding carboxylic acids is 1. The number of nitrogens with zero attached hydrogens (tertiary/aromatic N) is 1. The van der Waals surface area contributed by atoms with E-state index in [-0.39, 0.29) is 5.91 Å². The van der Waals surface area contributed by atoms with Crippen LogP contribution in [-0.2, 0) is 0 Å². The summed E-state index contributed by atoms with van der Waals surface area (Å²) in [7, 11) is 0. The van der Waals surface area contributed by atoms with Gasteiger partial charge in [0.15, 0.2) is 0 Å². The maximum absolute atomic E-state index is 12.1. The van der Waals surface area contributed by atoms with E-state index in [9.17, 15) is 4.79 Å². The average Bonchev–Trinajstić information content (AvgIpc) is 2.41. The Bertz CT molecular complexity index is 425. The van der Waals surface area contributed by atoms with E-state index in [1.54, 1.807) is 12.4 Å². The molecule has 4 nitrogen and oxygen atoms in total. The summed E-state index contributed by atoms with van der Waals surface area (Å²) in [6, 6.07) is 2.81. The fourth-order valence-corrected chi connectivity index (χ4v) is 2.68. The zero-order valence-corrected chi connectivity index (χ0v) is 11.8. The standard InChI is InChI=1S/C15H23N3O/c1-3-17-13-4-6-14(7-5-13)18-15(19)12-8-11(2)9-16-10-12/h8-10,13-14,17H,3-7H2,1-2H3,(H,18,19). The van der Waals surface area contributed by atoms with Crippen molar-refractivity contribution in [2.45, 2.75) is 51.6 Å². The van der Waals surface area contributed by atoms with Gasteiger partial charge in [0.2, 0.25) is 0 Å². The van der Waals surface area contributed by atoms with E-state index in [0.717, 1.165) is 37.8 Å². The van der Waals surface area contributed by atoms with Crippen LogP contribution in [0, 0.1) is 6.92 Å². The molecule has 1 fully saturated rings. The first kappa shape index (κ1) is 14.0. The Hall–Kier alpha value is -1.42. The van der Waals surface area contributed by atoms with Gasteiger partial charge in [-0.2, -0.15) is 0 Å². The Morgan fingerprint density at radius 2 is 1.95 bits per heavy atom. The number of carbonyl (C=O) groups is 1. The van der Waals surface area contributed by atoms with Crippen LogP contribution in [0.3, 0.4) is 0 Å². The second-order valence-corrected chi connectivity index (χ2v) is 5.33. The lowest BCUT2D eigenvalue weighted by Gasteiger charge is -2.29. The molecule has 0 aliphatic heterocycles. The molecule has 1 heterocycles. The van der Waals surface area contributed by atoms with Gasteiger partial charge < -0.3 is 10.6 Å². The van der Waals surface area contributed by atoms with Gasteiger partial charge in [0, 0.05) is 24.5 Å². The third-order valence-corrected chi connectivity index (χ3v) is 3.69. The van der Waals surface area contributed by atoms with Crippen molar-refractivity contribution in [3.05, 3.63) is 29.6 Å². The first-order valence-corrected chi connectivity index (χ1v) is 7.15. The summed E-state index contributed by atoms with van der Waals surface area (Å²) in [4.78, 5) is 16.2. The van der Waals surface area contributed by atoms with E-state index in [0.29, 0.717) is 17.6 Å². The lowest BCUT2D eigenvalue weighted by atomic mass is 9.91. The van der Waals surface area contributed by atoms with Crippen molar-refractivity contribution in [2.75, 3.05) is 6.54 Å². The number of nitrogens with one attached hydrogen (secondary N) is 2. The maximum atomic E-state index is 12.1. The van der Waals surface area contributed by atoms with Crippen LogP contribution in [0.5, 0.6) is 0 Å². The number of aryl methyl sites for hydroxylation is 1. The summed E-state index contributed by atoms with van der Waals surface area (Å²) in [6.07, 6.45) is 7.80. The predicted molar refractivity (Wildman–Crippen MR) is 76.2 cm³/mol. The fourth-order valence-electron chi connectivity index (χ4n) is 2.68. The average molecular weight is 261 g/mol. The highest BCUT2D eigenvalue weighted by atomic mass is 16.1. The molecular formula is C15H23N3O. The molecule has 1 amide bonds. The first-order chi connectivity index (χ1) is 9.19. The molecule has 1 saturated carbocycles. The van der Waals surface area contributed by atoms with E-state index >= 15 is 0 Å². The van der Waals surface area contributed by atoms with Gasteiger partial charge >= 0.3 is 0 Å². The molecule has 1 aromatic rings. The highest BCUT2D eigenvalue weighted by Gasteiger charge is 2.22. The molecule has 1 aromatic heterocycles. The summed E-state index contributed by atoms with van der Waals surface area (Å²) < 4.78 is 0. The highest BCUT2D eigenvalue weighted by molar-refractivity contribution is 5.94. The summed E-state index contributed by atoms with van der Waals surface area (Å²) in [6.45, 7) is 5.11. The van der Waals surface area contributed by atoms with Crippen molar-refractivity contribution in [3.63, 3.8) is 0 Å². The van der Waals surface area contributed by atoms with Gasteiger partial charge in [0.25, 0.3) is 5.91 Å². The molecule has 0 unspecified atom stereocenters. The topological polar surface area (TPSA) is 54.0 Å². The van der Waals surface area contributed by atoms with Crippen LogP contribution in [-0.4, -0.2) is 29.5 Å². The Labute approximate surface area is 115 Å². The minimum atomic E-state index is 0.00287. The maximum Gasteiger partial charge on any atom is 0.253 e. The van der Waals surface area contributed by atoms with Gasteiger partial charge in [-0.25, -0.2) is 0 Å². The molecule has 104 valence electrons.